The van der Waals surface area contributed by atoms with Crippen LogP contribution in [0.2, 0.25) is 0 Å². The number of benzene rings is 2. The Hall–Kier alpha value is -2.09. The van der Waals surface area contributed by atoms with Crippen molar-refractivity contribution < 1.29 is 8.42 Å². The Morgan fingerprint density at radius 1 is 1.04 bits per heavy atom. The van der Waals surface area contributed by atoms with Crippen LogP contribution in [0.5, 0.6) is 0 Å². The Bertz CT molecular complexity index is 941. The number of hydrogen-bond acceptors (Lipinski definition) is 5. The minimum atomic E-state index is -3.61. The lowest BCUT2D eigenvalue weighted by molar-refractivity contribution is 0.340. The summed E-state index contributed by atoms with van der Waals surface area (Å²) in [6.45, 7) is 0.427. The highest BCUT2D eigenvalue weighted by molar-refractivity contribution is 7.89. The first-order valence-electron chi connectivity index (χ1n) is 7.60. The predicted molar refractivity (Wildman–Crippen MR) is 92.2 cm³/mol. The number of hydrogen-bond donors (Lipinski definition) is 0. The van der Waals surface area contributed by atoms with E-state index in [-0.39, 0.29) is 0 Å². The fraction of sp³-hybridized carbons (Fsp3) is 0.176. The van der Waals surface area contributed by atoms with E-state index < -0.39 is 16.1 Å². The molecule has 0 fully saturated rings. The Kier molecular flexibility index (Phi) is 3.91. The number of aromatic nitrogens is 2. The lowest BCUT2D eigenvalue weighted by atomic mass is 9.93. The summed E-state index contributed by atoms with van der Waals surface area (Å²) in [5.41, 5.74) is 2.82. The van der Waals surface area contributed by atoms with Crippen molar-refractivity contribution in [1.29, 1.82) is 0 Å². The van der Waals surface area contributed by atoms with E-state index in [1.165, 1.54) is 0 Å². The maximum atomic E-state index is 13.2. The van der Waals surface area contributed by atoms with Crippen molar-refractivity contribution in [1.82, 2.24) is 13.1 Å². The molecule has 24 heavy (non-hydrogen) atoms. The van der Waals surface area contributed by atoms with Crippen LogP contribution in [0.15, 0.2) is 65.7 Å². The molecule has 122 valence electrons. The molecule has 2 aromatic carbocycles. The second kappa shape index (κ2) is 6.08. The van der Waals surface area contributed by atoms with Crippen molar-refractivity contribution in [3.63, 3.8) is 0 Å². The summed E-state index contributed by atoms with van der Waals surface area (Å²) in [6, 6.07) is 16.1. The fourth-order valence-corrected chi connectivity index (χ4v) is 5.18. The Balaban J connectivity index is 1.86. The number of nitrogens with zero attached hydrogens (tertiary/aromatic N) is 3. The monoisotopic (exact) mass is 357 g/mol. The molecule has 1 atom stereocenters. The van der Waals surface area contributed by atoms with Gasteiger partial charge in [0.1, 0.15) is 0 Å². The first-order valence-corrected chi connectivity index (χ1v) is 9.77. The average Bonchev–Trinajstić information content (AvgIpc) is 3.15. The van der Waals surface area contributed by atoms with E-state index in [0.717, 1.165) is 22.9 Å². The molecule has 0 radical (unpaired) electrons. The average molecular weight is 357 g/mol. The van der Waals surface area contributed by atoms with Gasteiger partial charge in [-0.25, -0.2) is 8.42 Å². The smallest absolute Gasteiger partial charge is 0.207 e. The van der Waals surface area contributed by atoms with Crippen molar-refractivity contribution in [2.75, 3.05) is 6.54 Å². The van der Waals surface area contributed by atoms with Crippen LogP contribution >= 0.6 is 11.7 Å². The van der Waals surface area contributed by atoms with Crippen LogP contribution < -0.4 is 0 Å². The Morgan fingerprint density at radius 2 is 1.79 bits per heavy atom. The highest BCUT2D eigenvalue weighted by atomic mass is 32.2. The SMILES string of the molecule is O=S(=O)(c1ccccc1)N1CCc2ccccc2C1c1cnsn1. The molecule has 1 aliphatic rings. The van der Waals surface area contributed by atoms with E-state index in [4.69, 9.17) is 0 Å². The third kappa shape index (κ3) is 2.54. The van der Waals surface area contributed by atoms with Crippen molar-refractivity contribution in [2.24, 2.45) is 0 Å². The largest absolute Gasteiger partial charge is 0.244 e. The molecular weight excluding hydrogens is 342 g/mol. The Morgan fingerprint density at radius 3 is 2.54 bits per heavy atom. The predicted octanol–water partition coefficient (Wildman–Crippen LogP) is 2.87. The fourth-order valence-electron chi connectivity index (χ4n) is 3.13. The van der Waals surface area contributed by atoms with Gasteiger partial charge in [-0.1, -0.05) is 42.5 Å². The summed E-state index contributed by atoms with van der Waals surface area (Å²) in [7, 11) is -3.61. The number of fused-ring (bicyclic) bond motifs is 1. The molecule has 0 saturated heterocycles. The summed E-state index contributed by atoms with van der Waals surface area (Å²) >= 11 is 1.09. The quantitative estimate of drug-likeness (QED) is 0.723. The van der Waals surface area contributed by atoms with Gasteiger partial charge < -0.3 is 0 Å². The van der Waals surface area contributed by atoms with Crippen molar-refractivity contribution >= 4 is 21.8 Å². The summed E-state index contributed by atoms with van der Waals surface area (Å²) in [6.07, 6.45) is 2.35. The van der Waals surface area contributed by atoms with Crippen LogP contribution in [0.3, 0.4) is 0 Å². The van der Waals surface area contributed by atoms with Gasteiger partial charge in [0, 0.05) is 6.54 Å². The van der Waals surface area contributed by atoms with Gasteiger partial charge in [-0.15, -0.1) is 0 Å². The molecule has 0 aliphatic carbocycles. The Labute approximate surface area is 145 Å². The number of sulfonamides is 1. The van der Waals surface area contributed by atoms with Crippen LogP contribution in [-0.4, -0.2) is 28.0 Å². The van der Waals surface area contributed by atoms with Gasteiger partial charge in [0.15, 0.2) is 0 Å². The van der Waals surface area contributed by atoms with Gasteiger partial charge in [0.2, 0.25) is 10.0 Å². The maximum absolute atomic E-state index is 13.2. The minimum absolute atomic E-state index is 0.303. The van der Waals surface area contributed by atoms with Gasteiger partial charge in [0.05, 0.1) is 34.6 Å². The van der Waals surface area contributed by atoms with E-state index in [0.29, 0.717) is 23.6 Å². The molecule has 4 rings (SSSR count). The molecule has 7 heteroatoms. The summed E-state index contributed by atoms with van der Waals surface area (Å²) in [5, 5.41) is 0. The van der Waals surface area contributed by atoms with Gasteiger partial charge in [-0.05, 0) is 29.7 Å². The molecule has 5 nitrogen and oxygen atoms in total. The summed E-state index contributed by atoms with van der Waals surface area (Å²) in [5.74, 6) is 0. The van der Waals surface area contributed by atoms with Gasteiger partial charge in [-0.2, -0.15) is 13.1 Å². The summed E-state index contributed by atoms with van der Waals surface area (Å²) in [4.78, 5) is 0.303. The van der Waals surface area contributed by atoms with E-state index in [1.807, 2.05) is 24.3 Å². The molecule has 2 heterocycles. The van der Waals surface area contributed by atoms with Crippen LogP contribution in [0, 0.1) is 0 Å². The lowest BCUT2D eigenvalue weighted by Gasteiger charge is -2.35. The molecular formula is C17H15N3O2S2. The standard InChI is InChI=1S/C17H15N3O2S2/c21-24(22,14-7-2-1-3-8-14)20-11-10-13-6-4-5-9-15(13)17(20)16-12-18-23-19-16/h1-9,12,17H,10-11H2. The van der Waals surface area contributed by atoms with E-state index in [9.17, 15) is 8.42 Å². The van der Waals surface area contributed by atoms with Crippen molar-refractivity contribution in [3.05, 3.63) is 77.6 Å². The number of rotatable bonds is 3. The molecule has 1 unspecified atom stereocenters. The highest BCUT2D eigenvalue weighted by Crippen LogP contribution is 2.37. The van der Waals surface area contributed by atoms with Gasteiger partial charge in [0.25, 0.3) is 0 Å². The molecule has 1 aliphatic heterocycles. The van der Waals surface area contributed by atoms with E-state index >= 15 is 0 Å². The first-order chi connectivity index (χ1) is 11.7. The van der Waals surface area contributed by atoms with Crippen molar-refractivity contribution in [3.8, 4) is 0 Å². The second-order valence-electron chi connectivity index (χ2n) is 5.61. The molecule has 0 saturated carbocycles. The second-order valence-corrected chi connectivity index (χ2v) is 8.06. The summed E-state index contributed by atoms with van der Waals surface area (Å²) < 4.78 is 36.3. The molecule has 0 spiro atoms. The van der Waals surface area contributed by atoms with Gasteiger partial charge >= 0.3 is 0 Å². The third-order valence-corrected chi connectivity index (χ3v) is 6.62. The molecule has 3 aromatic rings. The highest BCUT2D eigenvalue weighted by Gasteiger charge is 2.38. The van der Waals surface area contributed by atoms with Crippen LogP contribution in [0.1, 0.15) is 22.9 Å². The van der Waals surface area contributed by atoms with E-state index in [2.05, 4.69) is 14.8 Å². The normalized spacial score (nSPS) is 18.2. The van der Waals surface area contributed by atoms with Crippen LogP contribution in [-0.2, 0) is 16.4 Å². The minimum Gasteiger partial charge on any atom is -0.207 e. The van der Waals surface area contributed by atoms with E-state index in [1.54, 1.807) is 34.8 Å². The lowest BCUT2D eigenvalue weighted by Crippen LogP contribution is -2.40. The zero-order chi connectivity index (χ0) is 16.6. The zero-order valence-electron chi connectivity index (χ0n) is 12.7. The molecule has 1 aromatic heterocycles. The maximum Gasteiger partial charge on any atom is 0.244 e. The van der Waals surface area contributed by atoms with Gasteiger partial charge in [-0.3, -0.25) is 0 Å². The van der Waals surface area contributed by atoms with Crippen LogP contribution in [0.25, 0.3) is 0 Å². The topological polar surface area (TPSA) is 63.2 Å². The first kappa shape index (κ1) is 15.4. The zero-order valence-corrected chi connectivity index (χ0v) is 14.4. The molecule has 0 N–H and O–H groups in total. The molecule has 0 amide bonds. The van der Waals surface area contributed by atoms with Crippen LogP contribution in [0.4, 0.5) is 0 Å². The molecule has 0 bridgehead atoms. The third-order valence-electron chi connectivity index (χ3n) is 4.25. The van der Waals surface area contributed by atoms with Crippen molar-refractivity contribution in [2.45, 2.75) is 17.4 Å².